The number of hydrogen-bond acceptors (Lipinski definition) is 4. The van der Waals surface area contributed by atoms with Crippen molar-refractivity contribution < 1.29 is 9.53 Å². The predicted molar refractivity (Wildman–Crippen MR) is 134 cm³/mol. The van der Waals surface area contributed by atoms with Crippen LogP contribution in [0.1, 0.15) is 23.4 Å². The fourth-order valence-electron chi connectivity index (χ4n) is 3.47. The third kappa shape index (κ3) is 6.65. The molecular weight excluding hydrogens is 424 g/mol. The highest BCUT2D eigenvalue weighted by molar-refractivity contribution is 5.91. The highest BCUT2D eigenvalue weighted by Gasteiger charge is 2.07. The largest absolute Gasteiger partial charge is 0.487 e. The van der Waals surface area contributed by atoms with E-state index in [1.807, 2.05) is 85.9 Å². The fraction of sp³-hybridized carbons (Fsp3) is 0.179. The number of amides is 1. The van der Waals surface area contributed by atoms with Gasteiger partial charge in [0.2, 0.25) is 5.91 Å². The lowest BCUT2D eigenvalue weighted by Gasteiger charge is -2.14. The molecule has 0 aliphatic carbocycles. The summed E-state index contributed by atoms with van der Waals surface area (Å²) >= 11 is 0. The first kappa shape index (κ1) is 23.0. The van der Waals surface area contributed by atoms with Crippen molar-refractivity contribution >= 4 is 12.0 Å². The first-order valence-corrected chi connectivity index (χ1v) is 11.3. The average molecular weight is 453 g/mol. The monoisotopic (exact) mass is 452 g/mol. The van der Waals surface area contributed by atoms with Gasteiger partial charge >= 0.3 is 0 Å². The number of aromatic nitrogens is 3. The minimum Gasteiger partial charge on any atom is -0.487 e. The first-order chi connectivity index (χ1) is 16.7. The molecule has 0 saturated carbocycles. The number of nitrogens with one attached hydrogen (secondary N) is 1. The van der Waals surface area contributed by atoms with Gasteiger partial charge < -0.3 is 9.64 Å². The van der Waals surface area contributed by atoms with Crippen LogP contribution >= 0.6 is 0 Å². The average Bonchev–Trinajstić information content (AvgIpc) is 3.36. The molecule has 172 valence electrons. The minimum atomic E-state index is -0.0231. The van der Waals surface area contributed by atoms with Crippen LogP contribution in [-0.2, 0) is 17.8 Å². The van der Waals surface area contributed by atoms with Gasteiger partial charge in [-0.1, -0.05) is 48.5 Å². The third-order valence-corrected chi connectivity index (χ3v) is 5.43. The highest BCUT2D eigenvalue weighted by Crippen LogP contribution is 2.18. The number of rotatable bonds is 10. The number of nitrogens with zero attached hydrogens (tertiary/aromatic N) is 3. The summed E-state index contributed by atoms with van der Waals surface area (Å²) in [6.45, 7) is 1.09. The summed E-state index contributed by atoms with van der Waals surface area (Å²) in [6.07, 6.45) is 6.87. The van der Waals surface area contributed by atoms with E-state index in [2.05, 4.69) is 21.2 Å². The molecule has 2 aromatic heterocycles. The molecule has 2 aromatic carbocycles. The van der Waals surface area contributed by atoms with E-state index in [9.17, 15) is 4.79 Å². The minimum absolute atomic E-state index is 0.0231. The van der Waals surface area contributed by atoms with E-state index < -0.39 is 0 Å². The molecule has 0 unspecified atom stereocenters. The van der Waals surface area contributed by atoms with Crippen LogP contribution in [-0.4, -0.2) is 39.6 Å². The Morgan fingerprint density at radius 1 is 1.03 bits per heavy atom. The molecule has 1 N–H and O–H groups in total. The van der Waals surface area contributed by atoms with Crippen molar-refractivity contribution in [1.29, 1.82) is 0 Å². The summed E-state index contributed by atoms with van der Waals surface area (Å²) in [5.74, 6) is 0.741. The van der Waals surface area contributed by atoms with Crippen molar-refractivity contribution in [1.82, 2.24) is 20.1 Å². The number of pyridine rings is 1. The molecule has 4 rings (SSSR count). The molecule has 0 fully saturated rings. The van der Waals surface area contributed by atoms with E-state index in [0.717, 1.165) is 46.8 Å². The predicted octanol–water partition coefficient (Wildman–Crippen LogP) is 5.16. The molecule has 0 radical (unpaired) electrons. The maximum atomic E-state index is 12.5. The molecular formula is C28H28N4O2. The number of ether oxygens (including phenoxy) is 1. The van der Waals surface area contributed by atoms with Crippen LogP contribution in [0.15, 0.2) is 91.1 Å². The molecule has 0 saturated heterocycles. The summed E-state index contributed by atoms with van der Waals surface area (Å²) in [5, 5.41) is 7.48. The number of aryl methyl sites for hydroxylation is 1. The van der Waals surface area contributed by atoms with Crippen LogP contribution in [0.4, 0.5) is 0 Å². The molecule has 1 amide bonds. The summed E-state index contributed by atoms with van der Waals surface area (Å²) in [5.41, 5.74) is 4.93. The number of H-pyrrole nitrogens is 1. The molecule has 0 bridgehead atoms. The smallest absolute Gasteiger partial charge is 0.246 e. The molecule has 0 atom stereocenters. The first-order valence-electron chi connectivity index (χ1n) is 11.3. The molecule has 34 heavy (non-hydrogen) atoms. The topological polar surface area (TPSA) is 71.1 Å². The number of likely N-dealkylation sites (N-methyl/N-ethyl adjacent to an activating group) is 1. The van der Waals surface area contributed by atoms with Crippen molar-refractivity contribution in [2.45, 2.75) is 19.4 Å². The normalized spacial score (nSPS) is 11.0. The standard InChI is InChI=1S/C28H28N4O2/c1-32(19-7-11-24-20-27(31-30-24)23-8-3-2-4-9-23)28(33)17-14-22-12-15-26(16-13-22)34-21-25-10-5-6-18-29-25/h2-6,8-10,12-18,20H,7,11,19,21H2,1H3,(H,30,31). The molecule has 6 heteroatoms. The van der Waals surface area contributed by atoms with Crippen LogP contribution < -0.4 is 4.74 Å². The second-order valence-electron chi connectivity index (χ2n) is 8.02. The molecule has 4 aromatic rings. The Bertz CT molecular complexity index is 1200. The van der Waals surface area contributed by atoms with Gasteiger partial charge in [-0.05, 0) is 54.8 Å². The SMILES string of the molecule is CN(CCCc1cc(-c2ccccc2)n[nH]1)C(=O)C=Cc1ccc(OCc2ccccn2)cc1. The summed E-state index contributed by atoms with van der Waals surface area (Å²) in [7, 11) is 1.82. The Morgan fingerprint density at radius 3 is 2.59 bits per heavy atom. The Labute approximate surface area is 199 Å². The second kappa shape index (κ2) is 11.6. The van der Waals surface area contributed by atoms with Crippen LogP contribution in [0, 0.1) is 0 Å². The molecule has 0 aliphatic heterocycles. The summed E-state index contributed by atoms with van der Waals surface area (Å²) < 4.78 is 5.75. The van der Waals surface area contributed by atoms with Gasteiger partial charge in [0.15, 0.2) is 0 Å². The number of carbonyl (C=O) groups is 1. The lowest BCUT2D eigenvalue weighted by atomic mass is 10.1. The number of hydrogen-bond donors (Lipinski definition) is 1. The van der Waals surface area contributed by atoms with E-state index in [0.29, 0.717) is 13.2 Å². The van der Waals surface area contributed by atoms with Crippen molar-refractivity contribution in [3.05, 3.63) is 108 Å². The van der Waals surface area contributed by atoms with E-state index >= 15 is 0 Å². The zero-order chi connectivity index (χ0) is 23.6. The van der Waals surface area contributed by atoms with Crippen LogP contribution in [0.5, 0.6) is 5.75 Å². The third-order valence-electron chi connectivity index (χ3n) is 5.43. The number of carbonyl (C=O) groups excluding carboxylic acids is 1. The van der Waals surface area contributed by atoms with Gasteiger partial charge in [0.1, 0.15) is 12.4 Å². The van der Waals surface area contributed by atoms with Crippen molar-refractivity contribution in [2.24, 2.45) is 0 Å². The van der Waals surface area contributed by atoms with Gasteiger partial charge in [0.25, 0.3) is 0 Å². The van der Waals surface area contributed by atoms with Crippen molar-refractivity contribution in [3.63, 3.8) is 0 Å². The van der Waals surface area contributed by atoms with Crippen molar-refractivity contribution in [3.8, 4) is 17.0 Å². The lowest BCUT2D eigenvalue weighted by molar-refractivity contribution is -0.124. The maximum Gasteiger partial charge on any atom is 0.246 e. The summed E-state index contributed by atoms with van der Waals surface area (Å²) in [6, 6.07) is 25.5. The lowest BCUT2D eigenvalue weighted by Crippen LogP contribution is -2.26. The van der Waals surface area contributed by atoms with Gasteiger partial charge in [-0.3, -0.25) is 14.9 Å². The van der Waals surface area contributed by atoms with Gasteiger partial charge in [-0.2, -0.15) is 5.10 Å². The molecule has 6 nitrogen and oxygen atoms in total. The van der Waals surface area contributed by atoms with Gasteiger partial charge in [-0.25, -0.2) is 0 Å². The molecule has 0 aliphatic rings. The van der Waals surface area contributed by atoms with Crippen LogP contribution in [0.3, 0.4) is 0 Å². The zero-order valence-electron chi connectivity index (χ0n) is 19.2. The fourth-order valence-corrected chi connectivity index (χ4v) is 3.47. The maximum absolute atomic E-state index is 12.5. The quantitative estimate of drug-likeness (QED) is 0.338. The Kier molecular flexibility index (Phi) is 7.85. The second-order valence-corrected chi connectivity index (χ2v) is 8.02. The van der Waals surface area contributed by atoms with Crippen molar-refractivity contribution in [2.75, 3.05) is 13.6 Å². The summed E-state index contributed by atoms with van der Waals surface area (Å²) in [4.78, 5) is 18.4. The van der Waals surface area contributed by atoms with E-state index in [1.54, 1.807) is 17.2 Å². The van der Waals surface area contributed by atoms with E-state index in [-0.39, 0.29) is 5.91 Å². The van der Waals surface area contributed by atoms with Gasteiger partial charge in [0, 0.05) is 37.1 Å². The molecule has 0 spiro atoms. The number of aromatic amines is 1. The van der Waals surface area contributed by atoms with Crippen LogP contribution in [0.25, 0.3) is 17.3 Å². The Hall–Kier alpha value is -4.19. The van der Waals surface area contributed by atoms with Gasteiger partial charge in [0.05, 0.1) is 11.4 Å². The highest BCUT2D eigenvalue weighted by atomic mass is 16.5. The Morgan fingerprint density at radius 2 is 1.82 bits per heavy atom. The van der Waals surface area contributed by atoms with E-state index in [4.69, 9.17) is 4.74 Å². The van der Waals surface area contributed by atoms with E-state index in [1.165, 1.54) is 0 Å². The zero-order valence-corrected chi connectivity index (χ0v) is 19.2. The van der Waals surface area contributed by atoms with Gasteiger partial charge in [-0.15, -0.1) is 0 Å². The number of benzene rings is 2. The van der Waals surface area contributed by atoms with Crippen LogP contribution in [0.2, 0.25) is 0 Å². The Balaban J connectivity index is 1.20. The molecule has 2 heterocycles.